The molecule has 0 amide bonds. The van der Waals surface area contributed by atoms with Crippen molar-refractivity contribution in [3.8, 4) is 0 Å². The van der Waals surface area contributed by atoms with E-state index in [2.05, 4.69) is 0 Å². The lowest BCUT2D eigenvalue weighted by Crippen LogP contribution is -2.44. The predicted octanol–water partition coefficient (Wildman–Crippen LogP) is -0.0736. The number of carbonyl (C=O) groups excluding carboxylic acids is 2. The highest BCUT2D eigenvalue weighted by atomic mass is 33.1. The molecule has 0 spiro atoms. The Labute approximate surface area is 97.0 Å². The molecule has 0 bridgehead atoms. The highest BCUT2D eigenvalue weighted by Crippen LogP contribution is 2.27. The fraction of sp³-hybridized carbons (Fsp3) is 0.750. The third-order valence-corrected chi connectivity index (χ3v) is 5.28. The molecule has 2 unspecified atom stereocenters. The molecule has 16 heavy (non-hydrogen) atoms. The first-order valence-electron chi connectivity index (χ1n) is 4.52. The van der Waals surface area contributed by atoms with E-state index < -0.39 is 33.0 Å². The number of esters is 2. The second-order valence-electron chi connectivity index (χ2n) is 3.30. The fourth-order valence-electron chi connectivity index (χ4n) is 1.28. The van der Waals surface area contributed by atoms with Crippen molar-refractivity contribution in [1.29, 1.82) is 0 Å². The van der Waals surface area contributed by atoms with Gasteiger partial charge < -0.3 is 9.47 Å². The Hall–Kier alpha value is -0.760. The minimum absolute atomic E-state index is 0.0832. The average molecular weight is 268 g/mol. The van der Waals surface area contributed by atoms with E-state index >= 15 is 0 Å². The zero-order chi connectivity index (χ0) is 12.3. The first kappa shape index (κ1) is 13.3. The van der Waals surface area contributed by atoms with Gasteiger partial charge in [-0.2, -0.15) is 0 Å². The molecular weight excluding hydrogens is 256 g/mol. The summed E-state index contributed by atoms with van der Waals surface area (Å²) in [7, 11) is -2.59. The Kier molecular flexibility index (Phi) is 4.20. The van der Waals surface area contributed by atoms with Crippen LogP contribution in [0.1, 0.15) is 13.8 Å². The van der Waals surface area contributed by atoms with Crippen molar-refractivity contribution in [3.05, 3.63) is 0 Å². The molecule has 0 saturated carbocycles. The second-order valence-corrected chi connectivity index (χ2v) is 7.55. The van der Waals surface area contributed by atoms with Gasteiger partial charge in [-0.1, -0.05) is 0 Å². The Bertz CT molecular complexity index is 387. The normalized spacial score (nSPS) is 28.1. The topological polar surface area (TPSA) is 86.7 Å². The quantitative estimate of drug-likeness (QED) is 0.511. The molecule has 0 radical (unpaired) electrons. The van der Waals surface area contributed by atoms with E-state index in [1.807, 2.05) is 0 Å². The van der Waals surface area contributed by atoms with Gasteiger partial charge >= 0.3 is 11.9 Å². The van der Waals surface area contributed by atoms with Crippen LogP contribution in [-0.4, -0.2) is 44.1 Å². The average Bonchev–Trinajstić information content (AvgIpc) is 2.07. The van der Waals surface area contributed by atoms with Crippen LogP contribution in [0.15, 0.2) is 0 Å². The van der Waals surface area contributed by atoms with Crippen LogP contribution in [0.2, 0.25) is 0 Å². The first-order chi connectivity index (χ1) is 7.30. The van der Waals surface area contributed by atoms with Crippen molar-refractivity contribution in [2.24, 2.45) is 0 Å². The molecule has 0 N–H and O–H groups in total. The van der Waals surface area contributed by atoms with Crippen LogP contribution < -0.4 is 0 Å². The molecule has 1 saturated heterocycles. The van der Waals surface area contributed by atoms with Crippen molar-refractivity contribution >= 4 is 31.6 Å². The van der Waals surface area contributed by atoms with Crippen LogP contribution in [-0.2, 0) is 27.9 Å². The summed E-state index contributed by atoms with van der Waals surface area (Å²) in [5, 5.41) is 0. The zero-order valence-electron chi connectivity index (χ0n) is 8.83. The van der Waals surface area contributed by atoms with Gasteiger partial charge in [0.25, 0.3) is 0 Å². The lowest BCUT2D eigenvalue weighted by molar-refractivity contribution is -0.161. The zero-order valence-corrected chi connectivity index (χ0v) is 10.5. The van der Waals surface area contributed by atoms with E-state index in [4.69, 9.17) is 9.47 Å². The van der Waals surface area contributed by atoms with Gasteiger partial charge in [0, 0.05) is 19.6 Å². The molecule has 0 aromatic carbocycles. The predicted molar refractivity (Wildman–Crippen MR) is 57.4 cm³/mol. The number of ether oxygens (including phenoxy) is 2. The molecule has 6 nitrogen and oxygen atoms in total. The summed E-state index contributed by atoms with van der Waals surface area (Å²) in [4.78, 5) is 21.6. The summed E-state index contributed by atoms with van der Waals surface area (Å²) < 4.78 is 32.3. The Morgan fingerprint density at radius 1 is 1.12 bits per heavy atom. The highest BCUT2D eigenvalue weighted by Gasteiger charge is 2.38. The number of hydrogen-bond acceptors (Lipinski definition) is 7. The van der Waals surface area contributed by atoms with E-state index in [1.54, 1.807) is 0 Å². The summed E-state index contributed by atoms with van der Waals surface area (Å²) in [5.74, 6) is -1.36. The standard InChI is InChI=1S/C8H12O6S2/c1-5(9)13-7-3-15-16(11,12)4-8(7)14-6(2)10/h7-8H,3-4H2,1-2H3. The van der Waals surface area contributed by atoms with Crippen LogP contribution in [0.3, 0.4) is 0 Å². The van der Waals surface area contributed by atoms with Crippen molar-refractivity contribution < 1.29 is 27.5 Å². The monoisotopic (exact) mass is 268 g/mol. The maximum atomic E-state index is 11.3. The Balaban J connectivity index is 2.75. The van der Waals surface area contributed by atoms with Crippen LogP contribution in [0.25, 0.3) is 0 Å². The fourth-order valence-corrected chi connectivity index (χ4v) is 4.40. The van der Waals surface area contributed by atoms with Gasteiger partial charge in [-0.25, -0.2) is 8.42 Å². The van der Waals surface area contributed by atoms with Crippen LogP contribution in [0.4, 0.5) is 0 Å². The molecule has 1 aliphatic heterocycles. The number of carbonyl (C=O) groups is 2. The highest BCUT2D eigenvalue weighted by molar-refractivity contribution is 8.72. The smallest absolute Gasteiger partial charge is 0.303 e. The molecule has 8 heteroatoms. The lowest BCUT2D eigenvalue weighted by Gasteiger charge is -2.29. The maximum Gasteiger partial charge on any atom is 0.303 e. The molecule has 1 fully saturated rings. The molecule has 1 aliphatic rings. The summed E-state index contributed by atoms with van der Waals surface area (Å²) in [6.45, 7) is 2.40. The largest absolute Gasteiger partial charge is 0.458 e. The van der Waals surface area contributed by atoms with Gasteiger partial charge in [0.05, 0.1) is 0 Å². The van der Waals surface area contributed by atoms with E-state index in [-0.39, 0.29) is 11.5 Å². The summed E-state index contributed by atoms with van der Waals surface area (Å²) in [6, 6.07) is 0. The van der Waals surface area contributed by atoms with Gasteiger partial charge in [0.2, 0.25) is 8.87 Å². The third kappa shape index (κ3) is 4.01. The molecule has 2 atom stereocenters. The van der Waals surface area contributed by atoms with E-state index in [9.17, 15) is 18.0 Å². The first-order valence-corrected chi connectivity index (χ1v) is 7.67. The second kappa shape index (κ2) is 5.05. The minimum Gasteiger partial charge on any atom is -0.458 e. The summed E-state index contributed by atoms with van der Waals surface area (Å²) in [6.07, 6.45) is -1.61. The molecule has 0 aromatic rings. The molecule has 1 rings (SSSR count). The van der Waals surface area contributed by atoms with E-state index in [0.717, 1.165) is 0 Å². The van der Waals surface area contributed by atoms with Crippen molar-refractivity contribution in [2.75, 3.05) is 11.5 Å². The van der Waals surface area contributed by atoms with E-state index in [1.165, 1.54) is 13.8 Å². The molecule has 1 heterocycles. The maximum absolute atomic E-state index is 11.3. The molecule has 92 valence electrons. The van der Waals surface area contributed by atoms with Gasteiger partial charge in [-0.3, -0.25) is 9.59 Å². The third-order valence-electron chi connectivity index (χ3n) is 1.83. The minimum atomic E-state index is -3.30. The Morgan fingerprint density at radius 3 is 2.12 bits per heavy atom. The van der Waals surface area contributed by atoms with Gasteiger partial charge in [-0.15, -0.1) is 0 Å². The molecular formula is C8H12O6S2. The van der Waals surface area contributed by atoms with Gasteiger partial charge in [0.1, 0.15) is 11.9 Å². The van der Waals surface area contributed by atoms with Gasteiger partial charge in [0.15, 0.2) is 6.10 Å². The van der Waals surface area contributed by atoms with Crippen molar-refractivity contribution in [2.45, 2.75) is 26.1 Å². The number of hydrogen-bond donors (Lipinski definition) is 0. The Morgan fingerprint density at radius 2 is 1.62 bits per heavy atom. The van der Waals surface area contributed by atoms with Crippen LogP contribution in [0.5, 0.6) is 0 Å². The van der Waals surface area contributed by atoms with Crippen molar-refractivity contribution in [1.82, 2.24) is 0 Å². The van der Waals surface area contributed by atoms with Gasteiger partial charge in [-0.05, 0) is 10.8 Å². The summed E-state index contributed by atoms with van der Waals surface area (Å²) in [5.41, 5.74) is 0. The SMILES string of the molecule is CC(=O)OC1CSS(=O)(=O)CC1OC(C)=O. The summed E-state index contributed by atoms with van der Waals surface area (Å²) >= 11 is 0. The molecule has 0 aromatic heterocycles. The molecule has 0 aliphatic carbocycles. The van der Waals surface area contributed by atoms with E-state index in [0.29, 0.717) is 10.8 Å². The van der Waals surface area contributed by atoms with Crippen LogP contribution >= 0.6 is 10.8 Å². The number of rotatable bonds is 2. The van der Waals surface area contributed by atoms with Crippen LogP contribution in [0, 0.1) is 0 Å². The van der Waals surface area contributed by atoms with Crippen molar-refractivity contribution in [3.63, 3.8) is 0 Å². The lowest BCUT2D eigenvalue weighted by atomic mass is 10.2.